The monoisotopic (exact) mass is 307 g/mol. The predicted octanol–water partition coefficient (Wildman–Crippen LogP) is 3.36. The van der Waals surface area contributed by atoms with Crippen LogP contribution in [0.3, 0.4) is 0 Å². The molecule has 0 bridgehead atoms. The maximum absolute atomic E-state index is 12.3. The summed E-state index contributed by atoms with van der Waals surface area (Å²) in [5, 5.41) is 0. The van der Waals surface area contributed by atoms with Crippen LogP contribution in [0.1, 0.15) is 29.6 Å². The lowest BCUT2D eigenvalue weighted by Crippen LogP contribution is -2.28. The molecular formula is C15H18BrNO. The number of hydrogen-bond acceptors (Lipinski definition) is 2. The van der Waals surface area contributed by atoms with Crippen LogP contribution in [0.4, 0.5) is 0 Å². The Bertz CT molecular complexity index is 448. The first-order valence-corrected chi connectivity index (χ1v) is 7.53. The van der Waals surface area contributed by atoms with Gasteiger partial charge in [0.2, 0.25) is 0 Å². The van der Waals surface area contributed by atoms with Gasteiger partial charge in [0.15, 0.2) is 5.78 Å². The molecule has 1 aliphatic heterocycles. The molecule has 1 aliphatic carbocycles. The van der Waals surface area contributed by atoms with Crippen LogP contribution in [0.5, 0.6) is 0 Å². The molecule has 0 aromatic heterocycles. The summed E-state index contributed by atoms with van der Waals surface area (Å²) in [6.45, 7) is 2.83. The van der Waals surface area contributed by atoms with Gasteiger partial charge >= 0.3 is 0 Å². The summed E-state index contributed by atoms with van der Waals surface area (Å²) in [4.78, 5) is 14.6. The molecular weight excluding hydrogens is 290 g/mol. The molecule has 3 rings (SSSR count). The van der Waals surface area contributed by atoms with Gasteiger partial charge in [0, 0.05) is 23.1 Å². The molecule has 0 N–H and O–H groups in total. The highest BCUT2D eigenvalue weighted by Gasteiger charge is 2.36. The van der Waals surface area contributed by atoms with Crippen LogP contribution in [0.25, 0.3) is 0 Å². The van der Waals surface area contributed by atoms with Gasteiger partial charge in [0.25, 0.3) is 0 Å². The van der Waals surface area contributed by atoms with E-state index in [9.17, 15) is 4.79 Å². The Balaban J connectivity index is 1.64. The van der Waals surface area contributed by atoms with Crippen molar-refractivity contribution in [3.05, 3.63) is 34.3 Å². The van der Waals surface area contributed by atoms with Gasteiger partial charge in [-0.1, -0.05) is 40.5 Å². The maximum Gasteiger partial charge on any atom is 0.177 e. The van der Waals surface area contributed by atoms with E-state index in [0.717, 1.165) is 35.0 Å². The van der Waals surface area contributed by atoms with E-state index in [4.69, 9.17) is 0 Å². The number of halogens is 1. The fraction of sp³-hybridized carbons (Fsp3) is 0.533. The van der Waals surface area contributed by atoms with Crippen molar-refractivity contribution in [2.45, 2.75) is 19.3 Å². The van der Waals surface area contributed by atoms with E-state index in [1.54, 1.807) is 0 Å². The number of hydrogen-bond donors (Lipinski definition) is 0. The zero-order valence-electron chi connectivity index (χ0n) is 10.4. The second kappa shape index (κ2) is 5.14. The van der Waals surface area contributed by atoms with Gasteiger partial charge in [-0.25, -0.2) is 0 Å². The number of fused-ring (bicyclic) bond motifs is 1. The summed E-state index contributed by atoms with van der Waals surface area (Å²) < 4.78 is 0.911. The average Bonchev–Trinajstić information content (AvgIpc) is 2.90. The highest BCUT2D eigenvalue weighted by atomic mass is 79.9. The lowest BCUT2D eigenvalue weighted by Gasteiger charge is -2.16. The SMILES string of the molecule is O=C(CN1CC2CCCC2C1)c1ccccc1Br. The third-order valence-corrected chi connectivity index (χ3v) is 5.03. The molecule has 2 unspecified atom stereocenters. The number of carbonyl (C=O) groups is 1. The van der Waals surface area contributed by atoms with Crippen molar-refractivity contribution < 1.29 is 4.79 Å². The van der Waals surface area contributed by atoms with E-state index < -0.39 is 0 Å². The first-order chi connectivity index (χ1) is 8.74. The third kappa shape index (κ3) is 2.39. The van der Waals surface area contributed by atoms with Gasteiger partial charge in [-0.3, -0.25) is 9.69 Å². The number of ketones is 1. The number of benzene rings is 1. The molecule has 3 heteroatoms. The molecule has 1 aromatic rings. The van der Waals surface area contributed by atoms with Gasteiger partial charge < -0.3 is 0 Å². The fourth-order valence-corrected chi connectivity index (χ4v) is 3.94. The van der Waals surface area contributed by atoms with Gasteiger partial charge in [-0.05, 0) is 30.7 Å². The quantitative estimate of drug-likeness (QED) is 0.798. The van der Waals surface area contributed by atoms with Gasteiger partial charge in [-0.15, -0.1) is 0 Å². The van der Waals surface area contributed by atoms with Gasteiger partial charge in [0.05, 0.1) is 6.54 Å². The number of rotatable bonds is 3. The van der Waals surface area contributed by atoms with Crippen LogP contribution in [0, 0.1) is 11.8 Å². The zero-order chi connectivity index (χ0) is 12.5. The molecule has 0 amide bonds. The van der Waals surface area contributed by atoms with Crippen LogP contribution < -0.4 is 0 Å². The molecule has 0 radical (unpaired) electrons. The molecule has 2 aliphatic rings. The van der Waals surface area contributed by atoms with E-state index in [2.05, 4.69) is 20.8 Å². The molecule has 1 heterocycles. The predicted molar refractivity (Wildman–Crippen MR) is 75.7 cm³/mol. The molecule has 2 atom stereocenters. The minimum Gasteiger partial charge on any atom is -0.295 e. The minimum atomic E-state index is 0.238. The Morgan fingerprint density at radius 2 is 1.89 bits per heavy atom. The minimum absolute atomic E-state index is 0.238. The second-order valence-corrected chi connectivity index (χ2v) is 6.40. The molecule has 2 fully saturated rings. The molecule has 1 aromatic carbocycles. The molecule has 18 heavy (non-hydrogen) atoms. The van der Waals surface area contributed by atoms with Crippen molar-refractivity contribution >= 4 is 21.7 Å². The summed E-state index contributed by atoms with van der Waals surface area (Å²) in [5.74, 6) is 1.96. The Morgan fingerprint density at radius 1 is 1.22 bits per heavy atom. The van der Waals surface area contributed by atoms with Gasteiger partial charge in [0.1, 0.15) is 0 Å². The lowest BCUT2D eigenvalue weighted by atomic mass is 10.0. The highest BCUT2D eigenvalue weighted by molar-refractivity contribution is 9.10. The third-order valence-electron chi connectivity index (χ3n) is 4.34. The van der Waals surface area contributed by atoms with Crippen LogP contribution in [-0.4, -0.2) is 30.3 Å². The van der Waals surface area contributed by atoms with Crippen molar-refractivity contribution in [1.29, 1.82) is 0 Å². The van der Waals surface area contributed by atoms with Gasteiger partial charge in [-0.2, -0.15) is 0 Å². The highest BCUT2D eigenvalue weighted by Crippen LogP contribution is 2.37. The van der Waals surface area contributed by atoms with Crippen molar-refractivity contribution in [3.63, 3.8) is 0 Å². The topological polar surface area (TPSA) is 20.3 Å². The Labute approximate surface area is 116 Å². The number of Topliss-reactive ketones (excluding diaryl/α,β-unsaturated/α-hetero) is 1. The summed E-state index contributed by atoms with van der Waals surface area (Å²) in [5.41, 5.74) is 0.814. The van der Waals surface area contributed by atoms with Crippen LogP contribution in [0.2, 0.25) is 0 Å². The van der Waals surface area contributed by atoms with E-state index in [0.29, 0.717) is 6.54 Å². The number of carbonyl (C=O) groups excluding carboxylic acids is 1. The molecule has 1 saturated heterocycles. The first kappa shape index (κ1) is 12.4. The molecule has 1 saturated carbocycles. The maximum atomic E-state index is 12.3. The lowest BCUT2D eigenvalue weighted by molar-refractivity contribution is 0.0940. The van der Waals surface area contributed by atoms with Crippen molar-refractivity contribution in [2.24, 2.45) is 11.8 Å². The second-order valence-electron chi connectivity index (χ2n) is 5.55. The summed E-state index contributed by atoms with van der Waals surface area (Å²) in [7, 11) is 0. The summed E-state index contributed by atoms with van der Waals surface area (Å²) in [6, 6.07) is 7.72. The standard InChI is InChI=1S/C15H18BrNO/c16-14-7-2-1-6-13(14)15(18)10-17-8-11-4-3-5-12(11)9-17/h1-2,6-7,11-12H,3-5,8-10H2. The van der Waals surface area contributed by atoms with Crippen molar-refractivity contribution in [2.75, 3.05) is 19.6 Å². The Hall–Kier alpha value is -0.670. The first-order valence-electron chi connectivity index (χ1n) is 6.74. The smallest absolute Gasteiger partial charge is 0.177 e. The molecule has 0 spiro atoms. The van der Waals surface area contributed by atoms with Crippen molar-refractivity contribution in [1.82, 2.24) is 4.90 Å². The fourth-order valence-electron chi connectivity index (χ4n) is 3.44. The van der Waals surface area contributed by atoms with E-state index in [1.165, 1.54) is 19.3 Å². The summed E-state index contributed by atoms with van der Waals surface area (Å²) in [6.07, 6.45) is 4.12. The molecule has 96 valence electrons. The largest absolute Gasteiger partial charge is 0.295 e. The zero-order valence-corrected chi connectivity index (χ0v) is 12.0. The van der Waals surface area contributed by atoms with Crippen molar-refractivity contribution in [3.8, 4) is 0 Å². The normalized spacial score (nSPS) is 27.4. The Kier molecular flexibility index (Phi) is 3.53. The van der Waals surface area contributed by atoms with Crippen LogP contribution >= 0.6 is 15.9 Å². The molecule has 2 nitrogen and oxygen atoms in total. The number of likely N-dealkylation sites (tertiary alicyclic amines) is 1. The summed E-state index contributed by atoms with van der Waals surface area (Å²) >= 11 is 3.46. The van der Waals surface area contributed by atoms with Crippen LogP contribution in [0.15, 0.2) is 28.7 Å². The number of nitrogens with zero attached hydrogens (tertiary/aromatic N) is 1. The van der Waals surface area contributed by atoms with Crippen LogP contribution in [-0.2, 0) is 0 Å². The van der Waals surface area contributed by atoms with E-state index >= 15 is 0 Å². The average molecular weight is 308 g/mol. The van der Waals surface area contributed by atoms with E-state index in [1.807, 2.05) is 24.3 Å². The Morgan fingerprint density at radius 3 is 2.56 bits per heavy atom. The van der Waals surface area contributed by atoms with E-state index in [-0.39, 0.29) is 5.78 Å².